The van der Waals surface area contributed by atoms with E-state index in [0.717, 1.165) is 34.0 Å². The minimum absolute atomic E-state index is 0.0112. The Kier molecular flexibility index (Phi) is 4.24. The number of imidazole rings is 1. The molecule has 0 fully saturated rings. The maximum atomic E-state index is 5.67. The standard InChI is InChI=1S/C20H21N3O3/c1-12-6-7-26-19(12)14-9-16-20(21-11-14)23-18(22-16)10-13-8-15(24-2)4-5-17(13)25-3/h4-9,11-12,19H,10H2,1-3H3,(H,21,22,23). The first-order valence-corrected chi connectivity index (χ1v) is 8.55. The van der Waals surface area contributed by atoms with Crippen molar-refractivity contribution in [1.82, 2.24) is 15.0 Å². The summed E-state index contributed by atoms with van der Waals surface area (Å²) < 4.78 is 16.4. The van der Waals surface area contributed by atoms with Crippen LogP contribution >= 0.6 is 0 Å². The summed E-state index contributed by atoms with van der Waals surface area (Å²) in [6.45, 7) is 2.13. The SMILES string of the molecule is COc1ccc(OC)c(Cc2nc3ncc(C4OC=CC4C)cc3[nH]2)c1. The van der Waals surface area contributed by atoms with Gasteiger partial charge in [0.05, 0.1) is 26.0 Å². The third-order valence-corrected chi connectivity index (χ3v) is 4.67. The van der Waals surface area contributed by atoms with Gasteiger partial charge in [-0.05, 0) is 30.3 Å². The third kappa shape index (κ3) is 2.98. The van der Waals surface area contributed by atoms with Gasteiger partial charge in [-0.15, -0.1) is 0 Å². The fourth-order valence-corrected chi connectivity index (χ4v) is 3.27. The largest absolute Gasteiger partial charge is 0.497 e. The van der Waals surface area contributed by atoms with Crippen molar-refractivity contribution >= 4 is 11.2 Å². The number of rotatable bonds is 5. The first-order chi connectivity index (χ1) is 12.7. The quantitative estimate of drug-likeness (QED) is 0.757. The van der Waals surface area contributed by atoms with Crippen LogP contribution in [0, 0.1) is 5.92 Å². The molecule has 2 unspecified atom stereocenters. The average molecular weight is 351 g/mol. The van der Waals surface area contributed by atoms with Crippen molar-refractivity contribution in [3.63, 3.8) is 0 Å². The van der Waals surface area contributed by atoms with Crippen LogP contribution in [-0.4, -0.2) is 29.2 Å². The monoisotopic (exact) mass is 351 g/mol. The van der Waals surface area contributed by atoms with Crippen LogP contribution < -0.4 is 9.47 Å². The summed E-state index contributed by atoms with van der Waals surface area (Å²) in [7, 11) is 3.31. The first kappa shape index (κ1) is 16.4. The van der Waals surface area contributed by atoms with Crippen LogP contribution in [-0.2, 0) is 11.2 Å². The average Bonchev–Trinajstić information content (AvgIpc) is 3.26. The summed E-state index contributed by atoms with van der Waals surface area (Å²) in [6.07, 6.45) is 6.27. The molecule has 1 aliphatic rings. The van der Waals surface area contributed by atoms with Gasteiger partial charge in [-0.25, -0.2) is 9.97 Å². The molecule has 3 heterocycles. The second-order valence-electron chi connectivity index (χ2n) is 6.42. The molecule has 2 atom stereocenters. The fraction of sp³-hybridized carbons (Fsp3) is 0.300. The number of nitrogens with zero attached hydrogens (tertiary/aromatic N) is 2. The van der Waals surface area contributed by atoms with E-state index in [4.69, 9.17) is 14.2 Å². The summed E-state index contributed by atoms with van der Waals surface area (Å²) in [5.41, 5.74) is 3.65. The number of ether oxygens (including phenoxy) is 3. The van der Waals surface area contributed by atoms with Crippen molar-refractivity contribution in [1.29, 1.82) is 0 Å². The number of hydrogen-bond acceptors (Lipinski definition) is 5. The summed E-state index contributed by atoms with van der Waals surface area (Å²) >= 11 is 0. The normalized spacial score (nSPS) is 18.9. The zero-order chi connectivity index (χ0) is 18.1. The highest BCUT2D eigenvalue weighted by molar-refractivity contribution is 5.71. The van der Waals surface area contributed by atoms with E-state index >= 15 is 0 Å². The summed E-state index contributed by atoms with van der Waals surface area (Å²) in [5, 5.41) is 0. The van der Waals surface area contributed by atoms with E-state index in [9.17, 15) is 0 Å². The zero-order valence-corrected chi connectivity index (χ0v) is 15.0. The Morgan fingerprint density at radius 1 is 1.19 bits per heavy atom. The highest BCUT2D eigenvalue weighted by Crippen LogP contribution is 2.32. The van der Waals surface area contributed by atoms with E-state index in [2.05, 4.69) is 34.0 Å². The lowest BCUT2D eigenvalue weighted by Gasteiger charge is -2.14. The molecule has 0 aliphatic carbocycles. The highest BCUT2D eigenvalue weighted by Gasteiger charge is 2.23. The number of benzene rings is 1. The molecule has 6 heteroatoms. The number of pyridine rings is 1. The van der Waals surface area contributed by atoms with E-state index in [1.807, 2.05) is 24.4 Å². The van der Waals surface area contributed by atoms with Crippen molar-refractivity contribution in [2.24, 2.45) is 5.92 Å². The van der Waals surface area contributed by atoms with Gasteiger partial charge in [-0.1, -0.05) is 6.92 Å². The lowest BCUT2D eigenvalue weighted by Crippen LogP contribution is -2.04. The predicted octanol–water partition coefficient (Wildman–Crippen LogP) is 3.79. The van der Waals surface area contributed by atoms with Crippen LogP contribution in [0.2, 0.25) is 0 Å². The van der Waals surface area contributed by atoms with Gasteiger partial charge in [-0.2, -0.15) is 0 Å². The molecule has 0 spiro atoms. The third-order valence-electron chi connectivity index (χ3n) is 4.67. The van der Waals surface area contributed by atoms with E-state index in [0.29, 0.717) is 18.0 Å². The molecule has 0 amide bonds. The molecule has 2 aromatic heterocycles. The van der Waals surface area contributed by atoms with Gasteiger partial charge in [0.15, 0.2) is 5.65 Å². The number of H-pyrrole nitrogens is 1. The van der Waals surface area contributed by atoms with Crippen LogP contribution in [0.5, 0.6) is 11.5 Å². The molecule has 3 aromatic rings. The summed E-state index contributed by atoms with van der Waals surface area (Å²) in [6, 6.07) is 7.81. The summed E-state index contributed by atoms with van der Waals surface area (Å²) in [4.78, 5) is 12.5. The molecular weight excluding hydrogens is 330 g/mol. The molecule has 0 saturated heterocycles. The van der Waals surface area contributed by atoms with Gasteiger partial charge in [0.1, 0.15) is 23.4 Å². The Morgan fingerprint density at radius 2 is 2.08 bits per heavy atom. The van der Waals surface area contributed by atoms with Crippen LogP contribution in [0.25, 0.3) is 11.2 Å². The molecule has 0 radical (unpaired) electrons. The van der Waals surface area contributed by atoms with Crippen LogP contribution in [0.1, 0.15) is 30.0 Å². The number of aromatic nitrogens is 3. The number of methoxy groups -OCH3 is 2. The van der Waals surface area contributed by atoms with Crippen LogP contribution in [0.15, 0.2) is 42.8 Å². The lowest BCUT2D eigenvalue weighted by atomic mass is 10.0. The number of nitrogens with one attached hydrogen (secondary N) is 1. The Bertz CT molecular complexity index is 964. The Morgan fingerprint density at radius 3 is 2.81 bits per heavy atom. The van der Waals surface area contributed by atoms with Gasteiger partial charge in [0, 0.05) is 29.7 Å². The highest BCUT2D eigenvalue weighted by atomic mass is 16.5. The van der Waals surface area contributed by atoms with Crippen molar-refractivity contribution in [2.75, 3.05) is 14.2 Å². The van der Waals surface area contributed by atoms with E-state index in [-0.39, 0.29) is 6.10 Å². The molecule has 0 saturated carbocycles. The smallest absolute Gasteiger partial charge is 0.177 e. The van der Waals surface area contributed by atoms with Gasteiger partial charge < -0.3 is 19.2 Å². The van der Waals surface area contributed by atoms with E-state index < -0.39 is 0 Å². The van der Waals surface area contributed by atoms with Crippen molar-refractivity contribution in [2.45, 2.75) is 19.4 Å². The topological polar surface area (TPSA) is 69.3 Å². The second kappa shape index (κ2) is 6.71. The molecule has 4 rings (SSSR count). The molecule has 134 valence electrons. The van der Waals surface area contributed by atoms with Gasteiger partial charge in [0.25, 0.3) is 0 Å². The maximum Gasteiger partial charge on any atom is 0.177 e. The Hall–Kier alpha value is -3.02. The Balaban J connectivity index is 1.64. The Labute approximate surface area is 151 Å². The summed E-state index contributed by atoms with van der Waals surface area (Å²) in [5.74, 6) is 2.75. The van der Waals surface area contributed by atoms with Gasteiger partial charge >= 0.3 is 0 Å². The molecule has 1 N–H and O–H groups in total. The first-order valence-electron chi connectivity index (χ1n) is 8.55. The van der Waals surface area contributed by atoms with Gasteiger partial charge in [0.2, 0.25) is 0 Å². The molecule has 0 bridgehead atoms. The maximum absolute atomic E-state index is 5.67. The molecule has 1 aromatic carbocycles. The van der Waals surface area contributed by atoms with E-state index in [1.54, 1.807) is 20.5 Å². The zero-order valence-electron chi connectivity index (χ0n) is 15.0. The van der Waals surface area contributed by atoms with Crippen molar-refractivity contribution in [3.8, 4) is 11.5 Å². The van der Waals surface area contributed by atoms with Crippen molar-refractivity contribution < 1.29 is 14.2 Å². The number of fused-ring (bicyclic) bond motifs is 1. The van der Waals surface area contributed by atoms with Crippen LogP contribution in [0.4, 0.5) is 0 Å². The molecule has 6 nitrogen and oxygen atoms in total. The predicted molar refractivity (Wildman–Crippen MR) is 98.4 cm³/mol. The molecule has 26 heavy (non-hydrogen) atoms. The number of hydrogen-bond donors (Lipinski definition) is 1. The fourth-order valence-electron chi connectivity index (χ4n) is 3.27. The van der Waals surface area contributed by atoms with E-state index in [1.165, 1.54) is 0 Å². The molecular formula is C20H21N3O3. The van der Waals surface area contributed by atoms with Gasteiger partial charge in [-0.3, -0.25) is 0 Å². The van der Waals surface area contributed by atoms with Crippen molar-refractivity contribution in [3.05, 3.63) is 59.8 Å². The second-order valence-corrected chi connectivity index (χ2v) is 6.42. The molecule has 1 aliphatic heterocycles. The minimum atomic E-state index is 0.0112. The number of aromatic amines is 1. The van der Waals surface area contributed by atoms with Crippen LogP contribution in [0.3, 0.4) is 0 Å². The lowest BCUT2D eigenvalue weighted by molar-refractivity contribution is 0.142. The minimum Gasteiger partial charge on any atom is -0.497 e.